The number of alkyl carbamates (subject to hydrolysis) is 1. The SMILES string of the molecule is CN(CCCc1ccccc1)C(=O)[C@H](Cc1ccccc1)NC(=O)OC(C)(C)C. The van der Waals surface area contributed by atoms with Gasteiger partial charge in [-0.1, -0.05) is 60.7 Å². The first-order valence-corrected chi connectivity index (χ1v) is 10.1. The number of rotatable bonds is 8. The van der Waals surface area contributed by atoms with E-state index in [9.17, 15) is 9.59 Å². The number of nitrogens with zero attached hydrogens (tertiary/aromatic N) is 1. The highest BCUT2D eigenvalue weighted by Gasteiger charge is 2.26. The van der Waals surface area contributed by atoms with E-state index in [0.717, 1.165) is 18.4 Å². The van der Waals surface area contributed by atoms with E-state index in [-0.39, 0.29) is 5.91 Å². The van der Waals surface area contributed by atoms with E-state index in [1.54, 1.807) is 32.7 Å². The van der Waals surface area contributed by atoms with Crippen molar-refractivity contribution in [2.24, 2.45) is 0 Å². The fourth-order valence-corrected chi connectivity index (χ4v) is 3.04. The van der Waals surface area contributed by atoms with E-state index in [2.05, 4.69) is 17.4 Å². The lowest BCUT2D eigenvalue weighted by molar-refractivity contribution is -0.132. The van der Waals surface area contributed by atoms with Crippen molar-refractivity contribution in [2.75, 3.05) is 13.6 Å². The molecule has 0 aliphatic carbocycles. The van der Waals surface area contributed by atoms with E-state index in [1.807, 2.05) is 48.5 Å². The van der Waals surface area contributed by atoms with Gasteiger partial charge in [0.1, 0.15) is 11.6 Å². The van der Waals surface area contributed by atoms with E-state index in [0.29, 0.717) is 13.0 Å². The van der Waals surface area contributed by atoms with Gasteiger partial charge in [0, 0.05) is 20.0 Å². The Labute approximate surface area is 174 Å². The van der Waals surface area contributed by atoms with Gasteiger partial charge < -0.3 is 15.0 Å². The summed E-state index contributed by atoms with van der Waals surface area (Å²) in [5.41, 5.74) is 1.62. The van der Waals surface area contributed by atoms with Crippen molar-refractivity contribution in [3.8, 4) is 0 Å². The number of hydrogen-bond donors (Lipinski definition) is 1. The standard InChI is InChI=1S/C24H32N2O3/c1-24(2,3)29-23(28)25-21(18-20-14-9-6-10-15-20)22(27)26(4)17-11-16-19-12-7-5-8-13-19/h5-10,12-15,21H,11,16-18H2,1-4H3,(H,25,28)/t21-/m0/s1. The van der Waals surface area contributed by atoms with Gasteiger partial charge in [0.25, 0.3) is 0 Å². The summed E-state index contributed by atoms with van der Waals surface area (Å²) in [6, 6.07) is 19.2. The Morgan fingerprint density at radius 1 is 0.966 bits per heavy atom. The molecule has 0 radical (unpaired) electrons. The molecule has 0 aliphatic heterocycles. The Bertz CT molecular complexity index is 770. The van der Waals surface area contributed by atoms with Crippen LogP contribution < -0.4 is 5.32 Å². The summed E-state index contributed by atoms with van der Waals surface area (Å²) in [6.07, 6.45) is 1.60. The number of carbonyl (C=O) groups excluding carboxylic acids is 2. The summed E-state index contributed by atoms with van der Waals surface area (Å²) in [5.74, 6) is -0.118. The van der Waals surface area contributed by atoms with E-state index in [4.69, 9.17) is 4.74 Å². The number of amides is 2. The van der Waals surface area contributed by atoms with E-state index < -0.39 is 17.7 Å². The molecule has 0 saturated heterocycles. The maximum absolute atomic E-state index is 13.0. The van der Waals surface area contributed by atoms with Crippen molar-refractivity contribution < 1.29 is 14.3 Å². The second-order valence-corrected chi connectivity index (χ2v) is 8.24. The number of benzene rings is 2. The fraction of sp³-hybridized carbons (Fsp3) is 0.417. The Kier molecular flexibility index (Phi) is 8.25. The van der Waals surface area contributed by atoms with Crippen molar-refractivity contribution >= 4 is 12.0 Å². The van der Waals surface area contributed by atoms with Crippen LogP contribution in [0.5, 0.6) is 0 Å². The highest BCUT2D eigenvalue weighted by atomic mass is 16.6. The molecule has 0 spiro atoms. The summed E-state index contributed by atoms with van der Waals surface area (Å²) in [4.78, 5) is 27.0. The predicted octanol–water partition coefficient (Wildman–Crippen LogP) is 4.21. The zero-order valence-electron chi connectivity index (χ0n) is 17.9. The molecule has 2 rings (SSSR count). The average Bonchev–Trinajstić information content (AvgIpc) is 2.67. The molecular weight excluding hydrogens is 364 g/mol. The Morgan fingerprint density at radius 3 is 2.07 bits per heavy atom. The van der Waals surface area contributed by atoms with Gasteiger partial charge in [-0.2, -0.15) is 0 Å². The molecular formula is C24H32N2O3. The molecule has 1 atom stereocenters. The van der Waals surface area contributed by atoms with Crippen LogP contribution in [0.1, 0.15) is 38.3 Å². The molecule has 1 N–H and O–H groups in total. The van der Waals surface area contributed by atoms with Gasteiger partial charge >= 0.3 is 6.09 Å². The molecule has 0 unspecified atom stereocenters. The highest BCUT2D eigenvalue weighted by Crippen LogP contribution is 2.10. The number of likely N-dealkylation sites (N-methyl/N-ethyl adjacent to an activating group) is 1. The minimum atomic E-state index is -0.672. The number of aryl methyl sites for hydroxylation is 1. The van der Waals surface area contributed by atoms with Gasteiger partial charge in [0.15, 0.2) is 0 Å². The Balaban J connectivity index is 1.99. The van der Waals surface area contributed by atoms with E-state index >= 15 is 0 Å². The van der Waals surface area contributed by atoms with Gasteiger partial charge in [0.2, 0.25) is 5.91 Å². The lowest BCUT2D eigenvalue weighted by Gasteiger charge is -2.26. The first-order chi connectivity index (χ1) is 13.7. The topological polar surface area (TPSA) is 58.6 Å². The number of carbonyl (C=O) groups is 2. The summed E-state index contributed by atoms with van der Waals surface area (Å²) < 4.78 is 5.35. The van der Waals surface area contributed by atoms with Crippen LogP contribution in [0.2, 0.25) is 0 Å². The second-order valence-electron chi connectivity index (χ2n) is 8.24. The fourth-order valence-electron chi connectivity index (χ4n) is 3.04. The third-order valence-corrected chi connectivity index (χ3v) is 4.45. The smallest absolute Gasteiger partial charge is 0.408 e. The third kappa shape index (κ3) is 8.38. The van der Waals surface area contributed by atoms with Crippen LogP contribution in [-0.2, 0) is 22.4 Å². The van der Waals surface area contributed by atoms with Crippen molar-refractivity contribution in [1.82, 2.24) is 10.2 Å². The molecule has 0 bridgehead atoms. The number of ether oxygens (including phenoxy) is 1. The lowest BCUT2D eigenvalue weighted by Crippen LogP contribution is -2.50. The molecule has 0 aliphatic rings. The largest absolute Gasteiger partial charge is 0.444 e. The van der Waals surface area contributed by atoms with Crippen LogP contribution in [0.3, 0.4) is 0 Å². The molecule has 0 heterocycles. The summed E-state index contributed by atoms with van der Waals surface area (Å²) in [5, 5.41) is 2.76. The minimum Gasteiger partial charge on any atom is -0.444 e. The zero-order valence-corrected chi connectivity index (χ0v) is 17.9. The molecule has 2 aromatic rings. The van der Waals surface area contributed by atoms with Crippen LogP contribution in [-0.4, -0.2) is 42.1 Å². The first-order valence-electron chi connectivity index (χ1n) is 10.1. The first kappa shape index (κ1) is 22.5. The molecule has 0 aromatic heterocycles. The van der Waals surface area contributed by atoms with Crippen molar-refractivity contribution in [3.63, 3.8) is 0 Å². The van der Waals surface area contributed by atoms with Gasteiger partial charge in [-0.25, -0.2) is 4.79 Å². The van der Waals surface area contributed by atoms with Crippen LogP contribution >= 0.6 is 0 Å². The highest BCUT2D eigenvalue weighted by molar-refractivity contribution is 5.85. The molecule has 156 valence electrons. The summed E-state index contributed by atoms with van der Waals surface area (Å²) in [6.45, 7) is 6.03. The van der Waals surface area contributed by atoms with Crippen molar-refractivity contribution in [3.05, 3.63) is 71.8 Å². The van der Waals surface area contributed by atoms with Crippen LogP contribution in [0.25, 0.3) is 0 Å². The lowest BCUT2D eigenvalue weighted by atomic mass is 10.0. The van der Waals surface area contributed by atoms with E-state index in [1.165, 1.54) is 5.56 Å². The molecule has 0 saturated carbocycles. The van der Waals surface area contributed by atoms with Crippen LogP contribution in [0.4, 0.5) is 4.79 Å². The Hall–Kier alpha value is -2.82. The number of nitrogens with one attached hydrogen (secondary N) is 1. The molecule has 29 heavy (non-hydrogen) atoms. The normalized spacial score (nSPS) is 12.1. The maximum atomic E-state index is 13.0. The molecule has 0 fully saturated rings. The average molecular weight is 397 g/mol. The maximum Gasteiger partial charge on any atom is 0.408 e. The van der Waals surface area contributed by atoms with Gasteiger partial charge in [-0.3, -0.25) is 4.79 Å². The summed E-state index contributed by atoms with van der Waals surface area (Å²) in [7, 11) is 1.78. The van der Waals surface area contributed by atoms with Crippen LogP contribution in [0.15, 0.2) is 60.7 Å². The monoisotopic (exact) mass is 396 g/mol. The van der Waals surface area contributed by atoms with Gasteiger partial charge in [-0.05, 0) is 44.7 Å². The second kappa shape index (κ2) is 10.6. The third-order valence-electron chi connectivity index (χ3n) is 4.45. The minimum absolute atomic E-state index is 0.118. The quantitative estimate of drug-likeness (QED) is 0.727. The molecule has 2 amide bonds. The van der Waals surface area contributed by atoms with Crippen molar-refractivity contribution in [1.29, 1.82) is 0 Å². The number of hydrogen-bond acceptors (Lipinski definition) is 3. The molecule has 2 aromatic carbocycles. The molecule has 5 nitrogen and oxygen atoms in total. The Morgan fingerprint density at radius 2 is 1.52 bits per heavy atom. The van der Waals surface area contributed by atoms with Gasteiger partial charge in [-0.15, -0.1) is 0 Å². The van der Waals surface area contributed by atoms with Crippen molar-refractivity contribution in [2.45, 2.75) is 51.7 Å². The summed E-state index contributed by atoms with van der Waals surface area (Å²) >= 11 is 0. The van der Waals surface area contributed by atoms with Gasteiger partial charge in [0.05, 0.1) is 0 Å². The zero-order chi connectivity index (χ0) is 21.3. The van der Waals surface area contributed by atoms with Crippen LogP contribution in [0, 0.1) is 0 Å². The molecule has 5 heteroatoms. The predicted molar refractivity (Wildman–Crippen MR) is 116 cm³/mol.